The van der Waals surface area contributed by atoms with Crippen LogP contribution in [0.25, 0.3) is 0 Å². The summed E-state index contributed by atoms with van der Waals surface area (Å²) in [6.07, 6.45) is 1.34. The van der Waals surface area contributed by atoms with Crippen molar-refractivity contribution in [2.45, 2.75) is 35.9 Å². The topological polar surface area (TPSA) is 29.4 Å². The van der Waals surface area contributed by atoms with Gasteiger partial charge in [0, 0.05) is 11.1 Å². The molecule has 0 radical (unpaired) electrons. The molecule has 0 N–H and O–H groups in total. The molecular formula is C12H14F3NOS2. The Morgan fingerprint density at radius 2 is 1.89 bits per heavy atom. The van der Waals surface area contributed by atoms with Gasteiger partial charge in [0.1, 0.15) is 11.0 Å². The number of halogens is 3. The third-order valence-corrected chi connectivity index (χ3v) is 3.98. The molecule has 106 valence electrons. The maximum atomic E-state index is 12.2. The molecule has 0 aromatic heterocycles. The lowest BCUT2D eigenvalue weighted by molar-refractivity contribution is -0.0328. The first-order chi connectivity index (χ1) is 8.58. The Bertz CT molecular complexity index is 492. The highest BCUT2D eigenvalue weighted by molar-refractivity contribution is 8.00. The molecule has 0 heterocycles. The van der Waals surface area contributed by atoms with E-state index in [-0.39, 0.29) is 16.7 Å². The van der Waals surface area contributed by atoms with Gasteiger partial charge in [-0.1, -0.05) is 12.1 Å². The van der Waals surface area contributed by atoms with Crippen molar-refractivity contribution in [3.63, 3.8) is 0 Å². The fourth-order valence-electron chi connectivity index (χ4n) is 1.06. The van der Waals surface area contributed by atoms with E-state index in [1.807, 2.05) is 0 Å². The van der Waals surface area contributed by atoms with Crippen LogP contribution in [0.15, 0.2) is 33.6 Å². The third kappa shape index (κ3) is 6.24. The Labute approximate surface area is 117 Å². The minimum atomic E-state index is -4.32. The summed E-state index contributed by atoms with van der Waals surface area (Å²) in [5.41, 5.74) is -3.82. The first-order valence-electron chi connectivity index (χ1n) is 5.40. The van der Waals surface area contributed by atoms with Gasteiger partial charge in [0.2, 0.25) is 0 Å². The van der Waals surface area contributed by atoms with Crippen molar-refractivity contribution in [2.24, 2.45) is 4.40 Å². The van der Waals surface area contributed by atoms with Crippen LogP contribution in [-0.4, -0.2) is 20.7 Å². The number of rotatable bonds is 3. The van der Waals surface area contributed by atoms with Crippen LogP contribution in [0.1, 0.15) is 26.3 Å². The first kappa shape index (κ1) is 16.2. The maximum Gasteiger partial charge on any atom is 0.446 e. The van der Waals surface area contributed by atoms with Gasteiger partial charge in [-0.3, -0.25) is 0 Å². The third-order valence-electron chi connectivity index (χ3n) is 1.91. The molecule has 1 aromatic rings. The zero-order valence-corrected chi connectivity index (χ0v) is 12.3. The van der Waals surface area contributed by atoms with Crippen LogP contribution in [0.5, 0.6) is 0 Å². The summed E-state index contributed by atoms with van der Waals surface area (Å²) in [4.78, 5) is 0.0815. The van der Waals surface area contributed by atoms with E-state index in [4.69, 9.17) is 0 Å². The minimum absolute atomic E-state index is 0.0815. The van der Waals surface area contributed by atoms with Crippen LogP contribution in [0.2, 0.25) is 0 Å². The van der Waals surface area contributed by atoms with Gasteiger partial charge in [-0.05, 0) is 50.2 Å². The van der Waals surface area contributed by atoms with Crippen molar-refractivity contribution < 1.29 is 17.4 Å². The Morgan fingerprint density at radius 1 is 1.26 bits per heavy atom. The van der Waals surface area contributed by atoms with Crippen molar-refractivity contribution in [2.75, 3.05) is 0 Å². The number of alkyl halides is 3. The average Bonchev–Trinajstić information content (AvgIpc) is 2.22. The lowest BCUT2D eigenvalue weighted by atomic mass is 10.2. The second-order valence-corrected chi connectivity index (χ2v) is 7.79. The predicted octanol–water partition coefficient (Wildman–Crippen LogP) is 4.18. The summed E-state index contributed by atoms with van der Waals surface area (Å²) in [6, 6.07) is 5.86. The van der Waals surface area contributed by atoms with E-state index in [0.717, 1.165) is 0 Å². The average molecular weight is 309 g/mol. The van der Waals surface area contributed by atoms with Crippen molar-refractivity contribution in [3.8, 4) is 0 Å². The van der Waals surface area contributed by atoms with Crippen LogP contribution in [0, 0.1) is 0 Å². The molecule has 0 fully saturated rings. The highest BCUT2D eigenvalue weighted by Crippen LogP contribution is 2.36. The van der Waals surface area contributed by atoms with E-state index in [1.165, 1.54) is 24.4 Å². The molecule has 0 aliphatic heterocycles. The molecule has 0 amide bonds. The van der Waals surface area contributed by atoms with Crippen molar-refractivity contribution in [1.82, 2.24) is 0 Å². The lowest BCUT2D eigenvalue weighted by Crippen LogP contribution is -2.19. The predicted molar refractivity (Wildman–Crippen MR) is 73.8 cm³/mol. The fraction of sp³-hybridized carbons (Fsp3) is 0.417. The van der Waals surface area contributed by atoms with E-state index in [1.54, 1.807) is 26.8 Å². The van der Waals surface area contributed by atoms with Crippen LogP contribution < -0.4 is 0 Å². The van der Waals surface area contributed by atoms with Gasteiger partial charge in [0.25, 0.3) is 0 Å². The quantitative estimate of drug-likeness (QED) is 0.619. The molecule has 0 bridgehead atoms. The van der Waals surface area contributed by atoms with E-state index in [9.17, 15) is 17.4 Å². The zero-order chi connectivity index (χ0) is 14.7. The van der Waals surface area contributed by atoms with Gasteiger partial charge in [0.15, 0.2) is 0 Å². The largest absolute Gasteiger partial charge is 0.446 e. The summed E-state index contributed by atoms with van der Waals surface area (Å²) in [5.74, 6) is 0. The molecule has 1 atom stereocenters. The number of thioether (sulfide) groups is 1. The van der Waals surface area contributed by atoms with Crippen LogP contribution in [0.3, 0.4) is 0 Å². The smallest absolute Gasteiger partial charge is 0.234 e. The zero-order valence-electron chi connectivity index (χ0n) is 10.7. The summed E-state index contributed by atoms with van der Waals surface area (Å²) in [6.45, 7) is 5.32. The Balaban J connectivity index is 2.84. The molecule has 0 aliphatic rings. The van der Waals surface area contributed by atoms with Crippen molar-refractivity contribution in [1.29, 1.82) is 0 Å². The monoisotopic (exact) mass is 309 g/mol. The molecule has 0 aliphatic carbocycles. The first-order valence-corrected chi connectivity index (χ1v) is 7.32. The minimum Gasteiger partial charge on any atom is -0.234 e. The Hall–Kier alpha value is -0.820. The lowest BCUT2D eigenvalue weighted by Gasteiger charge is -2.12. The fourth-order valence-corrected chi connectivity index (χ4v) is 2.20. The van der Waals surface area contributed by atoms with Gasteiger partial charge >= 0.3 is 5.51 Å². The molecule has 1 rings (SSSR count). The number of nitrogens with zero attached hydrogens (tertiary/aromatic N) is 1. The summed E-state index contributed by atoms with van der Waals surface area (Å²) in [7, 11) is -1.42. The molecule has 7 heteroatoms. The van der Waals surface area contributed by atoms with Gasteiger partial charge in [-0.15, -0.1) is 0 Å². The summed E-state index contributed by atoms with van der Waals surface area (Å²) < 4.78 is 51.7. The van der Waals surface area contributed by atoms with E-state index < -0.39 is 21.2 Å². The Morgan fingerprint density at radius 3 is 2.42 bits per heavy atom. The molecule has 0 saturated carbocycles. The number of hydrogen-bond acceptors (Lipinski definition) is 2. The molecule has 0 spiro atoms. The van der Waals surface area contributed by atoms with Gasteiger partial charge in [0.05, 0.1) is 4.75 Å². The number of benzene rings is 1. The highest BCUT2D eigenvalue weighted by Gasteiger charge is 2.29. The molecule has 0 saturated heterocycles. The molecular weight excluding hydrogens is 295 g/mol. The number of hydrogen-bond donors (Lipinski definition) is 0. The summed E-state index contributed by atoms with van der Waals surface area (Å²) >= 11 is -0.183. The maximum absolute atomic E-state index is 12.2. The van der Waals surface area contributed by atoms with Crippen molar-refractivity contribution >= 4 is 29.0 Å². The highest BCUT2D eigenvalue weighted by atomic mass is 32.2. The molecule has 19 heavy (non-hydrogen) atoms. The molecule has 0 unspecified atom stereocenters. The van der Waals surface area contributed by atoms with Gasteiger partial charge in [-0.25, -0.2) is 4.21 Å². The standard InChI is InChI=1S/C12H14F3NOS2/c1-11(2,3)19(17)16-8-9-5-4-6-10(7-9)18-12(13,14)15/h4-8H,1-3H3/t19-/m0/s1. The van der Waals surface area contributed by atoms with Crippen LogP contribution >= 0.6 is 11.8 Å². The van der Waals surface area contributed by atoms with E-state index >= 15 is 0 Å². The normalized spacial score (nSPS) is 14.8. The molecule has 1 aromatic carbocycles. The van der Waals surface area contributed by atoms with Crippen molar-refractivity contribution in [3.05, 3.63) is 29.8 Å². The van der Waals surface area contributed by atoms with Gasteiger partial charge in [-0.2, -0.15) is 17.6 Å². The van der Waals surface area contributed by atoms with Crippen LogP contribution in [-0.2, 0) is 11.0 Å². The second kappa shape index (κ2) is 6.09. The SMILES string of the molecule is CC(C)(C)[S@](=O)N=Cc1cccc(SC(F)(F)F)c1. The Kier molecular flexibility index (Phi) is 5.20. The van der Waals surface area contributed by atoms with Gasteiger partial charge < -0.3 is 0 Å². The van der Waals surface area contributed by atoms with E-state index in [2.05, 4.69) is 4.40 Å². The molecule has 2 nitrogen and oxygen atoms in total. The summed E-state index contributed by atoms with van der Waals surface area (Å²) in [5, 5.41) is 0. The van der Waals surface area contributed by atoms with E-state index in [0.29, 0.717) is 5.56 Å². The van der Waals surface area contributed by atoms with Crippen LogP contribution in [0.4, 0.5) is 13.2 Å². The second-order valence-electron chi connectivity index (χ2n) is 4.72.